The molecule has 3 fully saturated rings. The van der Waals surface area contributed by atoms with Gasteiger partial charge in [0.1, 0.15) is 21.9 Å². The molecule has 9 rings (SSSR count). The van der Waals surface area contributed by atoms with E-state index in [2.05, 4.69) is 94.5 Å². The fourth-order valence-corrected chi connectivity index (χ4v) is 7.48. The molecule has 0 spiro atoms. The van der Waals surface area contributed by atoms with Crippen LogP contribution in [0.1, 0.15) is 41.5 Å². The predicted molar refractivity (Wildman–Crippen MR) is 226 cm³/mol. The van der Waals surface area contributed by atoms with Crippen LogP contribution in [0.4, 0.5) is 11.6 Å². The van der Waals surface area contributed by atoms with Crippen molar-refractivity contribution in [1.29, 1.82) is 0 Å². The molecule has 294 valence electrons. The van der Waals surface area contributed by atoms with E-state index < -0.39 is 0 Å². The molecule has 3 aliphatic rings. The van der Waals surface area contributed by atoms with E-state index in [4.69, 9.17) is 58.6 Å². The van der Waals surface area contributed by atoms with Crippen LogP contribution >= 0.6 is 34.8 Å². The molecule has 16 heteroatoms. The molecule has 0 amide bonds. The van der Waals surface area contributed by atoms with Crippen LogP contribution in [0.2, 0.25) is 15.6 Å². The van der Waals surface area contributed by atoms with Crippen LogP contribution in [0.15, 0.2) is 73.1 Å². The van der Waals surface area contributed by atoms with Crippen molar-refractivity contribution < 1.29 is 18.8 Å². The summed E-state index contributed by atoms with van der Waals surface area (Å²) in [4.78, 5) is 27.9. The number of benzene rings is 2. The van der Waals surface area contributed by atoms with Crippen LogP contribution in [-0.4, -0.2) is 99.8 Å². The Morgan fingerprint density at radius 3 is 1.80 bits per heavy atom. The summed E-state index contributed by atoms with van der Waals surface area (Å²) in [6, 6.07) is 20.4. The lowest BCUT2D eigenvalue weighted by molar-refractivity contribution is 0.00578. The SMILES string of the molecule is CC1(C)OB(c2cccc3[nH]ccc23)OC1(C)C.C[C@@H]1COCCN1c1cc(Cl)nc(-c2cccc3[nH]ccc23)n1.C[C@@H]1COCCN1c1cc(Cl)nc(Cl)n1. The number of hydrogen-bond acceptors (Lipinski definition) is 10. The van der Waals surface area contributed by atoms with E-state index >= 15 is 0 Å². The molecule has 0 aliphatic carbocycles. The Labute approximate surface area is 342 Å². The number of H-pyrrole nitrogens is 2. The molecule has 4 aromatic heterocycles. The largest absolute Gasteiger partial charge is 0.495 e. The molecule has 0 saturated carbocycles. The highest BCUT2D eigenvalue weighted by atomic mass is 35.5. The molecule has 0 unspecified atom stereocenters. The standard InChI is InChI=1S/C17H17ClN4O.C14H18BNO2.C9H11Cl2N3O/c1-11-10-23-8-7-22(11)16-9-15(18)20-17(21-16)13-3-2-4-14-12(13)5-6-19-14;1-13(2)14(3,4)18-15(17-13)11-6-5-7-12-10(11)8-9-16-12;1-6-5-15-3-2-14(6)8-4-7(10)12-9(11)13-8/h2-6,9,11,19H,7-8,10H2,1H3;5-9,16H,1-4H3;4,6H,2-3,5H2,1H3/t11-;;6-/m1.1/s1. The molecule has 0 bridgehead atoms. The minimum Gasteiger partial charge on any atom is -0.399 e. The first-order valence-corrected chi connectivity index (χ1v) is 19.8. The number of aromatic amines is 2. The van der Waals surface area contributed by atoms with Gasteiger partial charge >= 0.3 is 7.12 Å². The molecule has 3 aliphatic heterocycles. The van der Waals surface area contributed by atoms with E-state index in [1.165, 1.54) is 0 Å². The third-order valence-electron chi connectivity index (χ3n) is 10.6. The van der Waals surface area contributed by atoms with Crippen molar-refractivity contribution in [2.75, 3.05) is 49.3 Å². The van der Waals surface area contributed by atoms with Gasteiger partial charge in [-0.2, -0.15) is 0 Å². The zero-order valence-corrected chi connectivity index (χ0v) is 34.6. The second-order valence-electron chi connectivity index (χ2n) is 15.0. The van der Waals surface area contributed by atoms with Gasteiger partial charge in [-0.15, -0.1) is 0 Å². The van der Waals surface area contributed by atoms with Crippen LogP contribution < -0.4 is 15.3 Å². The fraction of sp³-hybridized carbons (Fsp3) is 0.400. The third-order valence-corrected chi connectivity index (χ3v) is 11.2. The molecule has 2 aromatic carbocycles. The second kappa shape index (κ2) is 16.9. The van der Waals surface area contributed by atoms with E-state index in [9.17, 15) is 0 Å². The van der Waals surface area contributed by atoms with Gasteiger partial charge in [-0.05, 0) is 88.3 Å². The van der Waals surface area contributed by atoms with Gasteiger partial charge in [-0.1, -0.05) is 47.5 Å². The summed E-state index contributed by atoms with van der Waals surface area (Å²) in [5.74, 6) is 2.26. The van der Waals surface area contributed by atoms with Gasteiger partial charge in [0.2, 0.25) is 5.28 Å². The molecule has 2 N–H and O–H groups in total. The van der Waals surface area contributed by atoms with E-state index in [0.717, 1.165) is 57.6 Å². The smallest absolute Gasteiger partial charge is 0.399 e. The number of nitrogens with zero attached hydrogens (tertiary/aromatic N) is 6. The van der Waals surface area contributed by atoms with E-state index in [0.29, 0.717) is 42.6 Å². The van der Waals surface area contributed by atoms with Crippen molar-refractivity contribution in [3.63, 3.8) is 0 Å². The van der Waals surface area contributed by atoms with E-state index in [1.54, 1.807) is 6.07 Å². The summed E-state index contributed by atoms with van der Waals surface area (Å²) in [6.45, 7) is 16.9. The summed E-state index contributed by atoms with van der Waals surface area (Å²) < 4.78 is 23.0. The maximum atomic E-state index is 6.28. The van der Waals surface area contributed by atoms with Crippen LogP contribution in [0.25, 0.3) is 33.2 Å². The number of morpholine rings is 2. The topological polar surface area (TPSA) is 127 Å². The number of fused-ring (bicyclic) bond motifs is 2. The quantitative estimate of drug-likeness (QED) is 0.103. The molecular weight excluding hydrogens is 774 g/mol. The first-order valence-electron chi connectivity index (χ1n) is 18.7. The van der Waals surface area contributed by atoms with Crippen LogP contribution in [0.5, 0.6) is 0 Å². The zero-order valence-electron chi connectivity index (χ0n) is 32.4. The van der Waals surface area contributed by atoms with Gasteiger partial charge in [0.15, 0.2) is 5.82 Å². The lowest BCUT2D eigenvalue weighted by Crippen LogP contribution is -2.44. The number of hydrogen-bond donors (Lipinski definition) is 2. The highest BCUT2D eigenvalue weighted by Gasteiger charge is 2.52. The van der Waals surface area contributed by atoms with Crippen molar-refractivity contribution in [1.82, 2.24) is 29.9 Å². The van der Waals surface area contributed by atoms with Crippen molar-refractivity contribution in [2.45, 2.75) is 64.8 Å². The predicted octanol–water partition coefficient (Wildman–Crippen LogP) is 7.98. The van der Waals surface area contributed by atoms with Gasteiger partial charge in [-0.3, -0.25) is 0 Å². The Hall–Kier alpha value is -3.95. The van der Waals surface area contributed by atoms with Gasteiger partial charge in [-0.25, -0.2) is 19.9 Å². The number of nitrogens with one attached hydrogen (secondary N) is 2. The molecule has 7 heterocycles. The number of rotatable bonds is 4. The third kappa shape index (κ3) is 8.79. The first-order chi connectivity index (χ1) is 26.8. The molecule has 56 heavy (non-hydrogen) atoms. The number of halogens is 3. The lowest BCUT2D eigenvalue weighted by atomic mass is 9.77. The number of anilines is 2. The highest BCUT2D eigenvalue weighted by molar-refractivity contribution is 6.65. The number of aromatic nitrogens is 6. The molecule has 6 aromatic rings. The Balaban J connectivity index is 0.000000132. The van der Waals surface area contributed by atoms with Crippen molar-refractivity contribution >= 4 is 80.8 Å². The average molecular weight is 820 g/mol. The Kier molecular flexibility index (Phi) is 12.1. The Bertz CT molecular complexity index is 2250. The molecule has 12 nitrogen and oxygen atoms in total. The summed E-state index contributed by atoms with van der Waals surface area (Å²) in [7, 11) is -0.297. The van der Waals surface area contributed by atoms with E-state index in [1.807, 2.05) is 48.8 Å². The summed E-state index contributed by atoms with van der Waals surface area (Å²) >= 11 is 17.9. The fourth-order valence-electron chi connectivity index (χ4n) is 6.90. The average Bonchev–Trinajstić information content (AvgIpc) is 3.89. The van der Waals surface area contributed by atoms with Crippen LogP contribution in [-0.2, 0) is 18.8 Å². The maximum Gasteiger partial charge on any atom is 0.495 e. The Morgan fingerprint density at radius 1 is 0.679 bits per heavy atom. The summed E-state index contributed by atoms with van der Waals surface area (Å²) in [5.41, 5.74) is 3.65. The van der Waals surface area contributed by atoms with Crippen molar-refractivity contribution in [2.24, 2.45) is 0 Å². The minimum atomic E-state index is -0.297. The molecular formula is C40H46BCl3N8O4. The normalized spacial score (nSPS) is 20.4. The van der Waals surface area contributed by atoms with Gasteiger partial charge < -0.3 is 38.6 Å². The monoisotopic (exact) mass is 818 g/mol. The molecule has 2 atom stereocenters. The zero-order chi connectivity index (χ0) is 39.6. The van der Waals surface area contributed by atoms with E-state index in [-0.39, 0.29) is 35.7 Å². The minimum absolute atomic E-state index is 0.177. The van der Waals surface area contributed by atoms with Gasteiger partial charge in [0, 0.05) is 59.6 Å². The Morgan fingerprint density at radius 2 is 1.21 bits per heavy atom. The van der Waals surface area contributed by atoms with Crippen molar-refractivity contribution in [3.05, 3.63) is 88.6 Å². The van der Waals surface area contributed by atoms with Gasteiger partial charge in [0.05, 0.1) is 49.7 Å². The van der Waals surface area contributed by atoms with Crippen LogP contribution in [0.3, 0.4) is 0 Å². The maximum absolute atomic E-state index is 6.28. The summed E-state index contributed by atoms with van der Waals surface area (Å²) in [5, 5.41) is 3.25. The lowest BCUT2D eigenvalue weighted by Gasteiger charge is -2.34. The highest BCUT2D eigenvalue weighted by Crippen LogP contribution is 2.37. The number of ether oxygens (including phenoxy) is 2. The molecule has 0 radical (unpaired) electrons. The summed E-state index contributed by atoms with van der Waals surface area (Å²) in [6.07, 6.45) is 3.86. The van der Waals surface area contributed by atoms with Gasteiger partial charge in [0.25, 0.3) is 0 Å². The molecule has 3 saturated heterocycles. The van der Waals surface area contributed by atoms with Crippen LogP contribution in [0, 0.1) is 0 Å². The second-order valence-corrected chi connectivity index (χ2v) is 16.2. The first kappa shape index (κ1) is 40.3. The van der Waals surface area contributed by atoms with Crippen molar-refractivity contribution in [3.8, 4) is 11.4 Å².